The van der Waals surface area contributed by atoms with Crippen LogP contribution in [0.2, 0.25) is 5.02 Å². The molecule has 7 heteroatoms. The number of hydrogen-bond acceptors (Lipinski definition) is 4. The van der Waals surface area contributed by atoms with Gasteiger partial charge in [-0.3, -0.25) is 9.59 Å². The first-order valence-electron chi connectivity index (χ1n) is 5.17. The highest BCUT2D eigenvalue weighted by atomic mass is 35.5. The van der Waals surface area contributed by atoms with E-state index >= 15 is 0 Å². The maximum atomic E-state index is 11.5. The summed E-state index contributed by atoms with van der Waals surface area (Å²) in [6, 6.07) is 5.23. The zero-order valence-electron chi connectivity index (χ0n) is 9.83. The third-order valence-corrected chi connectivity index (χ3v) is 3.29. The van der Waals surface area contributed by atoms with Gasteiger partial charge >= 0.3 is 0 Å². The lowest BCUT2D eigenvalue weighted by Gasteiger charge is -2.08. The molecule has 2 amide bonds. The highest BCUT2D eigenvalue weighted by Gasteiger charge is 2.06. The van der Waals surface area contributed by atoms with Gasteiger partial charge in [-0.2, -0.15) is 0 Å². The number of rotatable bonds is 5. The molecular formula is C11H14ClN3O2S. The van der Waals surface area contributed by atoms with Gasteiger partial charge in [0.05, 0.1) is 18.1 Å². The molecule has 1 aromatic carbocycles. The predicted molar refractivity (Wildman–Crippen MR) is 73.9 cm³/mol. The van der Waals surface area contributed by atoms with E-state index in [9.17, 15) is 9.59 Å². The second-order valence-corrected chi connectivity index (χ2v) is 4.63. The molecule has 1 rings (SSSR count). The van der Waals surface area contributed by atoms with Gasteiger partial charge < -0.3 is 16.4 Å². The maximum absolute atomic E-state index is 11.5. The van der Waals surface area contributed by atoms with Crippen molar-refractivity contribution in [3.05, 3.63) is 23.2 Å². The van der Waals surface area contributed by atoms with Crippen LogP contribution in [0.3, 0.4) is 0 Å². The van der Waals surface area contributed by atoms with Gasteiger partial charge in [0, 0.05) is 10.6 Å². The second-order valence-electron chi connectivity index (χ2n) is 3.38. The molecule has 0 aromatic heterocycles. The summed E-state index contributed by atoms with van der Waals surface area (Å²) in [7, 11) is 0. The molecule has 0 atom stereocenters. The highest BCUT2D eigenvalue weighted by molar-refractivity contribution is 7.98. The minimum absolute atomic E-state index is 0.113. The number of carbonyl (C=O) groups excluding carboxylic acids is 2. The van der Waals surface area contributed by atoms with Crippen molar-refractivity contribution in [3.8, 4) is 0 Å². The quantitative estimate of drug-likeness (QED) is 0.708. The number of hydrogen-bond donors (Lipinski definition) is 3. The lowest BCUT2D eigenvalue weighted by molar-refractivity contribution is -0.123. The van der Waals surface area contributed by atoms with Crippen LogP contribution in [0.15, 0.2) is 23.1 Å². The fourth-order valence-corrected chi connectivity index (χ4v) is 2.07. The smallest absolute Gasteiger partial charge is 0.243 e. The third-order valence-electron chi connectivity index (χ3n) is 2.07. The fraction of sp³-hybridized carbons (Fsp3) is 0.273. The Bertz CT molecular complexity index is 454. The average molecular weight is 288 g/mol. The van der Waals surface area contributed by atoms with Crippen molar-refractivity contribution in [3.63, 3.8) is 0 Å². The highest BCUT2D eigenvalue weighted by Crippen LogP contribution is 2.27. The first-order chi connectivity index (χ1) is 8.56. The molecule has 0 saturated carbocycles. The molecule has 0 aliphatic carbocycles. The Morgan fingerprint density at radius 3 is 2.67 bits per heavy atom. The van der Waals surface area contributed by atoms with Crippen LogP contribution in [0.5, 0.6) is 0 Å². The van der Waals surface area contributed by atoms with Crippen LogP contribution >= 0.6 is 23.4 Å². The Kier molecular flexibility index (Phi) is 5.97. The monoisotopic (exact) mass is 287 g/mol. The first kappa shape index (κ1) is 14.8. The van der Waals surface area contributed by atoms with Crippen molar-refractivity contribution in [2.45, 2.75) is 4.90 Å². The topological polar surface area (TPSA) is 84.2 Å². The molecule has 0 aliphatic heterocycles. The SMILES string of the molecule is CSc1ccc(NC(=O)CNC(=O)CN)cc1Cl. The molecule has 18 heavy (non-hydrogen) atoms. The van der Waals surface area contributed by atoms with Crippen LogP contribution in [0.4, 0.5) is 5.69 Å². The Hall–Kier alpha value is -1.24. The summed E-state index contributed by atoms with van der Waals surface area (Å²) in [5.74, 6) is -0.703. The zero-order valence-corrected chi connectivity index (χ0v) is 11.4. The number of halogens is 1. The van der Waals surface area contributed by atoms with Crippen molar-refractivity contribution < 1.29 is 9.59 Å². The Morgan fingerprint density at radius 2 is 2.11 bits per heavy atom. The normalized spacial score (nSPS) is 9.94. The third kappa shape index (κ3) is 4.56. The Labute approximate surface area is 114 Å². The summed E-state index contributed by atoms with van der Waals surface area (Å²) in [5.41, 5.74) is 5.69. The van der Waals surface area contributed by atoms with Gasteiger partial charge in [-0.25, -0.2) is 0 Å². The van der Waals surface area contributed by atoms with E-state index in [4.69, 9.17) is 17.3 Å². The van der Waals surface area contributed by atoms with E-state index in [1.165, 1.54) is 11.8 Å². The van der Waals surface area contributed by atoms with E-state index in [1.807, 2.05) is 12.3 Å². The first-order valence-corrected chi connectivity index (χ1v) is 6.77. The molecule has 0 unspecified atom stereocenters. The molecule has 98 valence electrons. The number of nitrogens with two attached hydrogens (primary N) is 1. The van der Waals surface area contributed by atoms with E-state index in [0.717, 1.165) is 4.90 Å². The van der Waals surface area contributed by atoms with E-state index in [0.29, 0.717) is 10.7 Å². The van der Waals surface area contributed by atoms with Crippen molar-refractivity contribution in [1.82, 2.24) is 5.32 Å². The minimum atomic E-state index is -0.374. The molecule has 0 radical (unpaired) electrons. The van der Waals surface area contributed by atoms with Crippen LogP contribution in [-0.2, 0) is 9.59 Å². The van der Waals surface area contributed by atoms with E-state index in [2.05, 4.69) is 10.6 Å². The molecule has 0 saturated heterocycles. The Balaban J connectivity index is 2.54. The number of benzene rings is 1. The van der Waals surface area contributed by atoms with Crippen LogP contribution in [0.1, 0.15) is 0 Å². The minimum Gasteiger partial charge on any atom is -0.346 e. The van der Waals surface area contributed by atoms with Gasteiger partial charge in [0.2, 0.25) is 11.8 Å². The van der Waals surface area contributed by atoms with Gasteiger partial charge in [0.15, 0.2) is 0 Å². The van der Waals surface area contributed by atoms with E-state index < -0.39 is 0 Å². The number of nitrogens with one attached hydrogen (secondary N) is 2. The summed E-state index contributed by atoms with van der Waals surface area (Å²) in [5, 5.41) is 5.58. The molecular weight excluding hydrogens is 274 g/mol. The summed E-state index contributed by atoms with van der Waals surface area (Å²) < 4.78 is 0. The average Bonchev–Trinajstić information content (AvgIpc) is 2.36. The molecule has 1 aromatic rings. The van der Waals surface area contributed by atoms with Crippen molar-refractivity contribution >= 4 is 40.9 Å². The molecule has 0 bridgehead atoms. The summed E-state index contributed by atoms with van der Waals surface area (Å²) in [4.78, 5) is 23.3. The molecule has 5 nitrogen and oxygen atoms in total. The van der Waals surface area contributed by atoms with Gasteiger partial charge in [-0.15, -0.1) is 11.8 Å². The molecule has 0 spiro atoms. The fourth-order valence-electron chi connectivity index (χ4n) is 1.20. The maximum Gasteiger partial charge on any atom is 0.243 e. The summed E-state index contributed by atoms with van der Waals surface area (Å²) in [6.45, 7) is -0.251. The van der Waals surface area contributed by atoms with Crippen molar-refractivity contribution in [2.75, 3.05) is 24.7 Å². The van der Waals surface area contributed by atoms with E-state index in [-0.39, 0.29) is 24.9 Å². The molecule has 0 fully saturated rings. The summed E-state index contributed by atoms with van der Waals surface area (Å²) >= 11 is 7.53. The molecule has 0 aliphatic rings. The van der Waals surface area contributed by atoms with Crippen LogP contribution in [-0.4, -0.2) is 31.2 Å². The molecule has 4 N–H and O–H groups in total. The van der Waals surface area contributed by atoms with Gasteiger partial charge in [0.25, 0.3) is 0 Å². The largest absolute Gasteiger partial charge is 0.346 e. The zero-order chi connectivity index (χ0) is 13.5. The predicted octanol–water partition coefficient (Wildman–Crippen LogP) is 1.08. The Morgan fingerprint density at radius 1 is 1.39 bits per heavy atom. The standard InChI is InChI=1S/C11H14ClN3O2S/c1-18-9-3-2-7(4-8(9)12)15-11(17)6-14-10(16)5-13/h2-4H,5-6,13H2,1H3,(H,14,16)(H,15,17). The second kappa shape index (κ2) is 7.25. The lowest BCUT2D eigenvalue weighted by atomic mass is 10.3. The number of anilines is 1. The van der Waals surface area contributed by atoms with Crippen LogP contribution in [0.25, 0.3) is 0 Å². The number of amides is 2. The van der Waals surface area contributed by atoms with Crippen LogP contribution < -0.4 is 16.4 Å². The van der Waals surface area contributed by atoms with Gasteiger partial charge in [-0.05, 0) is 24.5 Å². The summed E-state index contributed by atoms with van der Waals surface area (Å²) in [6.07, 6.45) is 1.92. The van der Waals surface area contributed by atoms with Crippen molar-refractivity contribution in [1.29, 1.82) is 0 Å². The lowest BCUT2D eigenvalue weighted by Crippen LogP contribution is -2.36. The van der Waals surface area contributed by atoms with Crippen molar-refractivity contribution in [2.24, 2.45) is 5.73 Å². The van der Waals surface area contributed by atoms with Gasteiger partial charge in [-0.1, -0.05) is 11.6 Å². The molecule has 0 heterocycles. The van der Waals surface area contributed by atoms with E-state index in [1.54, 1.807) is 12.1 Å². The number of thioether (sulfide) groups is 1. The van der Waals surface area contributed by atoms with Crippen LogP contribution in [0, 0.1) is 0 Å². The van der Waals surface area contributed by atoms with Gasteiger partial charge in [0.1, 0.15) is 0 Å². The number of carbonyl (C=O) groups is 2.